The maximum absolute atomic E-state index is 5.13. The number of rotatable bonds is 2. The molecule has 0 amide bonds. The van der Waals surface area contributed by atoms with E-state index in [1.54, 1.807) is 23.9 Å². The maximum atomic E-state index is 5.13. The molecule has 0 bridgehead atoms. The smallest absolute Gasteiger partial charge is 0.244 e. The molecule has 0 spiro atoms. The predicted molar refractivity (Wildman–Crippen MR) is 43.1 cm³/mol. The largest absolute Gasteiger partial charge is 0.459 e. The summed E-state index contributed by atoms with van der Waals surface area (Å²) in [5, 5.41) is 2.05. The van der Waals surface area contributed by atoms with Crippen LogP contribution in [0.4, 0.5) is 0 Å². The minimum Gasteiger partial charge on any atom is -0.459 e. The second-order valence-electron chi connectivity index (χ2n) is 2.26. The summed E-state index contributed by atoms with van der Waals surface area (Å²) in [5.41, 5.74) is 0. The van der Waals surface area contributed by atoms with E-state index in [1.165, 1.54) is 4.88 Å². The van der Waals surface area contributed by atoms with Gasteiger partial charge in [-0.1, -0.05) is 6.07 Å². The zero-order valence-corrected chi connectivity index (χ0v) is 6.71. The van der Waals surface area contributed by atoms with Gasteiger partial charge in [-0.15, -0.1) is 11.3 Å². The molecule has 0 N–H and O–H groups in total. The van der Waals surface area contributed by atoms with Crippen molar-refractivity contribution in [3.8, 4) is 0 Å². The van der Waals surface area contributed by atoms with Gasteiger partial charge in [-0.2, -0.15) is 0 Å². The summed E-state index contributed by atoms with van der Waals surface area (Å²) < 4.78 is 10.3. The minimum atomic E-state index is -0.103. The Hall–Kier alpha value is -0.960. The monoisotopic (exact) mass is 168 g/mol. The fourth-order valence-corrected chi connectivity index (χ4v) is 1.68. The van der Waals surface area contributed by atoms with Crippen LogP contribution in [0.3, 0.4) is 0 Å². The van der Waals surface area contributed by atoms with E-state index in [2.05, 4.69) is 11.4 Å². The molecule has 0 saturated carbocycles. The van der Waals surface area contributed by atoms with Crippen LogP contribution in [-0.4, -0.2) is 6.29 Å². The zero-order chi connectivity index (χ0) is 7.52. The third kappa shape index (κ3) is 1.54. The first-order chi connectivity index (χ1) is 5.45. The van der Waals surface area contributed by atoms with E-state index in [1.807, 2.05) is 6.07 Å². The highest BCUT2D eigenvalue weighted by atomic mass is 32.1. The van der Waals surface area contributed by atoms with Gasteiger partial charge >= 0.3 is 0 Å². The van der Waals surface area contributed by atoms with Crippen LogP contribution in [0.5, 0.6) is 0 Å². The molecule has 0 radical (unpaired) electrons. The van der Waals surface area contributed by atoms with E-state index in [0.29, 0.717) is 0 Å². The van der Waals surface area contributed by atoms with E-state index in [9.17, 15) is 0 Å². The number of hydrogen-bond donors (Lipinski definition) is 0. The molecule has 0 fully saturated rings. The lowest BCUT2D eigenvalue weighted by molar-refractivity contribution is -0.0203. The van der Waals surface area contributed by atoms with E-state index < -0.39 is 0 Å². The molecule has 1 aliphatic rings. The summed E-state index contributed by atoms with van der Waals surface area (Å²) in [6.45, 7) is 0. The van der Waals surface area contributed by atoms with Crippen LogP contribution in [0.15, 0.2) is 30.0 Å². The summed E-state index contributed by atoms with van der Waals surface area (Å²) in [7, 11) is 0. The lowest BCUT2D eigenvalue weighted by Crippen LogP contribution is -2.09. The van der Waals surface area contributed by atoms with Gasteiger partial charge in [0.25, 0.3) is 0 Å². The second-order valence-corrected chi connectivity index (χ2v) is 3.29. The van der Waals surface area contributed by atoms with Crippen molar-refractivity contribution in [3.63, 3.8) is 0 Å². The fraction of sp³-hybridized carbons (Fsp3) is 0.250. The lowest BCUT2D eigenvalue weighted by atomic mass is 10.3. The topological polar surface area (TPSA) is 18.5 Å². The van der Waals surface area contributed by atoms with Gasteiger partial charge in [-0.3, -0.25) is 0 Å². The highest BCUT2D eigenvalue weighted by Gasteiger charge is 2.12. The summed E-state index contributed by atoms with van der Waals surface area (Å²) in [6, 6.07) is 4.11. The average molecular weight is 168 g/mol. The van der Waals surface area contributed by atoms with E-state index in [4.69, 9.17) is 9.47 Å². The molecular weight excluding hydrogens is 160 g/mol. The molecule has 58 valence electrons. The first kappa shape index (κ1) is 6.73. The second kappa shape index (κ2) is 2.96. The van der Waals surface area contributed by atoms with Gasteiger partial charge in [-0.05, 0) is 11.4 Å². The molecule has 0 atom stereocenters. The van der Waals surface area contributed by atoms with Crippen molar-refractivity contribution < 1.29 is 9.47 Å². The normalized spacial score (nSPS) is 16.4. The van der Waals surface area contributed by atoms with Gasteiger partial charge in [-0.25, -0.2) is 0 Å². The quantitative estimate of drug-likeness (QED) is 0.673. The Kier molecular flexibility index (Phi) is 1.81. The first-order valence-electron chi connectivity index (χ1n) is 3.43. The van der Waals surface area contributed by atoms with Gasteiger partial charge in [0.2, 0.25) is 6.29 Å². The Morgan fingerprint density at radius 3 is 2.82 bits per heavy atom. The molecule has 0 aromatic carbocycles. The summed E-state index contributed by atoms with van der Waals surface area (Å²) in [6.07, 6.45) is 3.90. The van der Waals surface area contributed by atoms with E-state index in [0.717, 1.165) is 6.42 Å². The summed E-state index contributed by atoms with van der Waals surface area (Å²) >= 11 is 1.72. The Labute approximate surface area is 69.1 Å². The van der Waals surface area contributed by atoms with Crippen LogP contribution in [0.1, 0.15) is 4.88 Å². The predicted octanol–water partition coefficient (Wildman–Crippen LogP) is 2.13. The Morgan fingerprint density at radius 1 is 1.36 bits per heavy atom. The van der Waals surface area contributed by atoms with Gasteiger partial charge in [0.15, 0.2) is 0 Å². The number of ether oxygens (including phenoxy) is 2. The first-order valence-corrected chi connectivity index (χ1v) is 4.31. The molecule has 0 unspecified atom stereocenters. The number of hydrogen-bond acceptors (Lipinski definition) is 3. The standard InChI is InChI=1S/C8H8O2S/c1-2-7(11-5-1)6-8-9-3-4-10-8/h1-5,8H,6H2. The Balaban J connectivity index is 1.91. The van der Waals surface area contributed by atoms with Gasteiger partial charge in [0, 0.05) is 4.88 Å². The van der Waals surface area contributed by atoms with Crippen LogP contribution in [-0.2, 0) is 15.9 Å². The molecule has 2 rings (SSSR count). The van der Waals surface area contributed by atoms with Gasteiger partial charge in [0.1, 0.15) is 12.5 Å². The van der Waals surface area contributed by atoms with Crippen molar-refractivity contribution in [3.05, 3.63) is 34.9 Å². The minimum absolute atomic E-state index is 0.103. The van der Waals surface area contributed by atoms with Crippen LogP contribution in [0, 0.1) is 0 Å². The maximum Gasteiger partial charge on any atom is 0.244 e. The highest BCUT2D eigenvalue weighted by Crippen LogP contribution is 2.16. The molecule has 2 heterocycles. The van der Waals surface area contributed by atoms with Crippen molar-refractivity contribution in [1.82, 2.24) is 0 Å². The lowest BCUT2D eigenvalue weighted by Gasteiger charge is -2.07. The third-order valence-electron chi connectivity index (χ3n) is 1.46. The highest BCUT2D eigenvalue weighted by molar-refractivity contribution is 7.09. The number of thiophene rings is 1. The molecule has 0 saturated heterocycles. The van der Waals surface area contributed by atoms with Crippen molar-refractivity contribution in [2.45, 2.75) is 12.7 Å². The summed E-state index contributed by atoms with van der Waals surface area (Å²) in [5.74, 6) is 0. The average Bonchev–Trinajstić information content (AvgIpc) is 2.60. The van der Waals surface area contributed by atoms with Crippen LogP contribution in [0.2, 0.25) is 0 Å². The molecule has 0 aliphatic carbocycles. The van der Waals surface area contributed by atoms with Crippen molar-refractivity contribution >= 4 is 11.3 Å². The molecule has 11 heavy (non-hydrogen) atoms. The molecular formula is C8H8O2S. The molecule has 1 aromatic rings. The van der Waals surface area contributed by atoms with Crippen LogP contribution in [0.25, 0.3) is 0 Å². The van der Waals surface area contributed by atoms with Crippen molar-refractivity contribution in [1.29, 1.82) is 0 Å². The van der Waals surface area contributed by atoms with E-state index in [-0.39, 0.29) is 6.29 Å². The van der Waals surface area contributed by atoms with Crippen LogP contribution < -0.4 is 0 Å². The zero-order valence-electron chi connectivity index (χ0n) is 5.90. The Morgan fingerprint density at radius 2 is 2.18 bits per heavy atom. The van der Waals surface area contributed by atoms with Crippen LogP contribution >= 0.6 is 11.3 Å². The Bertz CT molecular complexity index is 233. The van der Waals surface area contributed by atoms with Crippen molar-refractivity contribution in [2.75, 3.05) is 0 Å². The van der Waals surface area contributed by atoms with E-state index >= 15 is 0 Å². The van der Waals surface area contributed by atoms with Gasteiger partial charge < -0.3 is 9.47 Å². The molecule has 1 aromatic heterocycles. The SMILES string of the molecule is C1=COC(Cc2cccs2)O1. The van der Waals surface area contributed by atoms with Crippen molar-refractivity contribution in [2.24, 2.45) is 0 Å². The summed E-state index contributed by atoms with van der Waals surface area (Å²) in [4.78, 5) is 1.29. The third-order valence-corrected chi connectivity index (χ3v) is 2.36. The van der Waals surface area contributed by atoms with Gasteiger partial charge in [0.05, 0.1) is 6.42 Å². The molecule has 1 aliphatic heterocycles. The fourth-order valence-electron chi connectivity index (χ4n) is 0.961. The molecule has 3 heteroatoms. The molecule has 2 nitrogen and oxygen atoms in total.